The standard InChI is InChI=1S/C22H26N2O5.C11H10.C2H6/c1-22(2,3)29-20(26)14-13-18(23-15-25)21(27)24-17-11-7-8-12-19(17)28-16-9-5-4-6-10-16;1-9-5-4-7-10-6-2-3-8-11(9)10;1-2/h4-12,15,18H,13-14H2,1-3H3,(H,23,25)(H,24,27);2-8H,1H3;1-2H3. The van der Waals surface area contributed by atoms with Gasteiger partial charge in [0.2, 0.25) is 12.3 Å². The predicted octanol–water partition coefficient (Wildman–Crippen LogP) is 7.83. The van der Waals surface area contributed by atoms with Crippen molar-refractivity contribution in [3.05, 3.63) is 103 Å². The number of rotatable bonds is 9. The number of carbonyl (C=O) groups excluding carboxylic acids is 3. The van der Waals surface area contributed by atoms with Gasteiger partial charge >= 0.3 is 5.97 Å². The molecular formula is C35H42N2O5. The quantitative estimate of drug-likeness (QED) is 0.158. The highest BCUT2D eigenvalue weighted by molar-refractivity contribution is 5.97. The highest BCUT2D eigenvalue weighted by Gasteiger charge is 2.23. The molecule has 0 bridgehead atoms. The Morgan fingerprint density at radius 3 is 2.12 bits per heavy atom. The van der Waals surface area contributed by atoms with Crippen LogP contribution in [0, 0.1) is 6.92 Å². The number of amides is 2. The van der Waals surface area contributed by atoms with Gasteiger partial charge in [0.05, 0.1) is 5.69 Å². The van der Waals surface area contributed by atoms with Gasteiger partial charge in [0.25, 0.3) is 0 Å². The van der Waals surface area contributed by atoms with E-state index in [1.807, 2.05) is 32.0 Å². The molecule has 7 heteroatoms. The van der Waals surface area contributed by atoms with Crippen molar-refractivity contribution >= 4 is 34.7 Å². The third-order valence-electron chi connectivity index (χ3n) is 5.77. The fourth-order valence-electron chi connectivity index (χ4n) is 3.91. The Hall–Kier alpha value is -4.65. The average Bonchev–Trinajstić information content (AvgIpc) is 2.97. The summed E-state index contributed by atoms with van der Waals surface area (Å²) in [4.78, 5) is 35.5. The first kappa shape index (κ1) is 33.6. The van der Waals surface area contributed by atoms with Crippen molar-refractivity contribution in [2.45, 2.75) is 66.0 Å². The van der Waals surface area contributed by atoms with E-state index in [0.29, 0.717) is 23.6 Å². The smallest absolute Gasteiger partial charge is 0.306 e. The summed E-state index contributed by atoms with van der Waals surface area (Å²) in [5.74, 6) is 0.200. The SMILES string of the molecule is CC.CC(C)(C)OC(=O)CCC(NC=O)C(=O)Nc1ccccc1Oc1ccccc1.Cc1cccc2ccccc12. The Balaban J connectivity index is 0.000000390. The van der Waals surface area contributed by atoms with E-state index >= 15 is 0 Å². The van der Waals surface area contributed by atoms with E-state index in [-0.39, 0.29) is 12.8 Å². The van der Waals surface area contributed by atoms with Crippen LogP contribution in [0.15, 0.2) is 97.1 Å². The number of aryl methyl sites for hydroxylation is 1. The lowest BCUT2D eigenvalue weighted by atomic mass is 10.1. The molecule has 0 aliphatic rings. The fourth-order valence-corrected chi connectivity index (χ4v) is 3.91. The lowest BCUT2D eigenvalue weighted by Gasteiger charge is -2.21. The lowest BCUT2D eigenvalue weighted by molar-refractivity contribution is -0.155. The number of ether oxygens (including phenoxy) is 2. The molecule has 222 valence electrons. The van der Waals surface area contributed by atoms with Crippen LogP contribution in [0.5, 0.6) is 11.5 Å². The molecule has 0 saturated heterocycles. The van der Waals surface area contributed by atoms with Crippen LogP contribution < -0.4 is 15.4 Å². The predicted molar refractivity (Wildman–Crippen MR) is 170 cm³/mol. The summed E-state index contributed by atoms with van der Waals surface area (Å²) < 4.78 is 11.1. The zero-order valence-corrected chi connectivity index (χ0v) is 25.3. The van der Waals surface area contributed by atoms with Gasteiger partial charge in [0.15, 0.2) is 5.75 Å². The second-order valence-corrected chi connectivity index (χ2v) is 10.2. The molecule has 0 aliphatic heterocycles. The number of esters is 1. The normalized spacial score (nSPS) is 11.0. The minimum absolute atomic E-state index is 0.00163. The van der Waals surface area contributed by atoms with Crippen molar-refractivity contribution < 1.29 is 23.9 Å². The van der Waals surface area contributed by atoms with E-state index in [1.54, 1.807) is 57.2 Å². The molecule has 2 amide bonds. The molecule has 1 atom stereocenters. The van der Waals surface area contributed by atoms with Crippen molar-refractivity contribution in [2.24, 2.45) is 0 Å². The van der Waals surface area contributed by atoms with Crippen molar-refractivity contribution in [3.63, 3.8) is 0 Å². The van der Waals surface area contributed by atoms with Gasteiger partial charge in [0.1, 0.15) is 17.4 Å². The van der Waals surface area contributed by atoms with Crippen molar-refractivity contribution in [1.29, 1.82) is 0 Å². The van der Waals surface area contributed by atoms with Crippen LogP contribution >= 0.6 is 0 Å². The zero-order chi connectivity index (χ0) is 31.0. The number of hydrogen-bond acceptors (Lipinski definition) is 5. The van der Waals surface area contributed by atoms with Gasteiger partial charge in [-0.2, -0.15) is 0 Å². The average molecular weight is 571 g/mol. The van der Waals surface area contributed by atoms with E-state index in [2.05, 4.69) is 60.0 Å². The minimum Gasteiger partial charge on any atom is -0.460 e. The Bertz CT molecular complexity index is 1410. The number of anilines is 1. The fraction of sp³-hybridized carbons (Fsp3) is 0.286. The van der Waals surface area contributed by atoms with Crippen LogP contribution in [-0.2, 0) is 19.1 Å². The van der Waals surface area contributed by atoms with Crippen LogP contribution in [0.25, 0.3) is 10.8 Å². The molecule has 0 spiro atoms. The molecule has 2 N–H and O–H groups in total. The summed E-state index contributed by atoms with van der Waals surface area (Å²) in [7, 11) is 0. The third kappa shape index (κ3) is 11.5. The van der Waals surface area contributed by atoms with Gasteiger partial charge in [-0.1, -0.05) is 86.6 Å². The van der Waals surface area contributed by atoms with Crippen LogP contribution in [-0.4, -0.2) is 29.9 Å². The van der Waals surface area contributed by atoms with E-state index in [0.717, 1.165) is 0 Å². The molecule has 7 nitrogen and oxygen atoms in total. The van der Waals surface area contributed by atoms with Gasteiger partial charge < -0.3 is 20.1 Å². The number of nitrogens with one attached hydrogen (secondary N) is 2. The van der Waals surface area contributed by atoms with Crippen LogP contribution in [0.1, 0.15) is 53.0 Å². The number of para-hydroxylation sites is 3. The number of benzene rings is 4. The largest absolute Gasteiger partial charge is 0.460 e. The summed E-state index contributed by atoms with van der Waals surface area (Å²) in [6, 6.07) is 30.1. The lowest BCUT2D eigenvalue weighted by Crippen LogP contribution is -2.40. The topological polar surface area (TPSA) is 93.7 Å². The summed E-state index contributed by atoms with van der Waals surface area (Å²) in [6.07, 6.45) is 0.547. The number of hydrogen-bond donors (Lipinski definition) is 2. The maximum absolute atomic E-state index is 12.7. The molecule has 0 aromatic heterocycles. The van der Waals surface area contributed by atoms with Gasteiger partial charge in [-0.25, -0.2) is 0 Å². The first-order valence-corrected chi connectivity index (χ1v) is 14.1. The van der Waals surface area contributed by atoms with Crippen LogP contribution in [0.4, 0.5) is 5.69 Å². The summed E-state index contributed by atoms with van der Waals surface area (Å²) in [5, 5.41) is 7.88. The van der Waals surface area contributed by atoms with Gasteiger partial charge in [-0.05, 0) is 74.7 Å². The van der Waals surface area contributed by atoms with Crippen molar-refractivity contribution in [3.8, 4) is 11.5 Å². The molecule has 1 unspecified atom stereocenters. The molecule has 4 aromatic rings. The molecule has 0 fully saturated rings. The molecule has 0 aliphatic carbocycles. The molecular weight excluding hydrogens is 528 g/mol. The molecule has 42 heavy (non-hydrogen) atoms. The Labute approximate surface area is 249 Å². The Morgan fingerprint density at radius 1 is 0.833 bits per heavy atom. The van der Waals surface area contributed by atoms with Gasteiger partial charge in [-0.3, -0.25) is 14.4 Å². The molecule has 0 heterocycles. The van der Waals surface area contributed by atoms with Crippen LogP contribution in [0.3, 0.4) is 0 Å². The number of carbonyl (C=O) groups is 3. The molecule has 4 aromatic carbocycles. The van der Waals surface area contributed by atoms with Gasteiger partial charge in [-0.15, -0.1) is 0 Å². The summed E-state index contributed by atoms with van der Waals surface area (Å²) in [6.45, 7) is 11.4. The van der Waals surface area contributed by atoms with Crippen LogP contribution in [0.2, 0.25) is 0 Å². The minimum atomic E-state index is -0.884. The second kappa shape index (κ2) is 17.2. The van der Waals surface area contributed by atoms with E-state index < -0.39 is 23.5 Å². The van der Waals surface area contributed by atoms with Crippen molar-refractivity contribution in [2.75, 3.05) is 5.32 Å². The zero-order valence-electron chi connectivity index (χ0n) is 25.3. The van der Waals surface area contributed by atoms with E-state index in [1.165, 1.54) is 16.3 Å². The first-order valence-electron chi connectivity index (χ1n) is 14.1. The summed E-state index contributed by atoms with van der Waals surface area (Å²) >= 11 is 0. The number of fused-ring (bicyclic) bond motifs is 1. The maximum Gasteiger partial charge on any atom is 0.306 e. The van der Waals surface area contributed by atoms with Gasteiger partial charge in [0, 0.05) is 6.42 Å². The highest BCUT2D eigenvalue weighted by Crippen LogP contribution is 2.29. The van der Waals surface area contributed by atoms with Crippen molar-refractivity contribution in [1.82, 2.24) is 5.32 Å². The monoisotopic (exact) mass is 570 g/mol. The van der Waals surface area contributed by atoms with E-state index in [4.69, 9.17) is 9.47 Å². The Morgan fingerprint density at radius 2 is 1.45 bits per heavy atom. The van der Waals surface area contributed by atoms with E-state index in [9.17, 15) is 14.4 Å². The molecule has 4 rings (SSSR count). The third-order valence-corrected chi connectivity index (χ3v) is 5.77. The summed E-state index contributed by atoms with van der Waals surface area (Å²) in [5.41, 5.74) is 1.19. The maximum atomic E-state index is 12.7. The second-order valence-electron chi connectivity index (χ2n) is 10.2. The highest BCUT2D eigenvalue weighted by atomic mass is 16.6. The Kier molecular flexibility index (Phi) is 13.8. The first-order chi connectivity index (χ1) is 20.2. The molecule has 0 saturated carbocycles. The molecule has 0 radical (unpaired) electrons.